The summed E-state index contributed by atoms with van der Waals surface area (Å²) in [4.78, 5) is 13.9. The number of nitrogens with one attached hydrogen (secondary N) is 1. The van der Waals surface area contributed by atoms with Crippen LogP contribution in [0.15, 0.2) is 0 Å². The summed E-state index contributed by atoms with van der Waals surface area (Å²) in [5, 5.41) is 3.21. The van der Waals surface area contributed by atoms with E-state index in [9.17, 15) is 13.6 Å². The average Bonchev–Trinajstić information content (AvgIpc) is 2.39. The van der Waals surface area contributed by atoms with Gasteiger partial charge in [-0.3, -0.25) is 4.79 Å². The Morgan fingerprint density at radius 2 is 1.94 bits per heavy atom. The number of piperidine rings is 2. The number of carbonyl (C=O) groups is 1. The Kier molecular flexibility index (Phi) is 4.31. The molecule has 5 heteroatoms. The number of nitrogens with zero attached hydrogens (tertiary/aromatic N) is 1. The number of likely N-dealkylation sites (tertiary alicyclic amines) is 1. The molecular formula is C12H20F2N2O. The molecule has 2 heterocycles. The first kappa shape index (κ1) is 12.7. The predicted octanol–water partition coefficient (Wildman–Crippen LogP) is 1.49. The monoisotopic (exact) mass is 246 g/mol. The molecule has 1 amide bonds. The van der Waals surface area contributed by atoms with Gasteiger partial charge in [-0.25, -0.2) is 8.78 Å². The standard InChI is InChI=1S/C12H20F2N2O/c13-11(14)9-3-6-16(7-4-9)12(17)10-2-1-5-15-8-10/h9-11,15H,1-8H2/t10-/m0/s1. The third-order valence-electron chi connectivity index (χ3n) is 3.85. The molecule has 0 saturated carbocycles. The minimum atomic E-state index is -2.23. The third kappa shape index (κ3) is 3.15. The Morgan fingerprint density at radius 1 is 1.24 bits per heavy atom. The summed E-state index contributed by atoms with van der Waals surface area (Å²) < 4.78 is 25.0. The number of rotatable bonds is 2. The normalized spacial score (nSPS) is 27.5. The van der Waals surface area contributed by atoms with Gasteiger partial charge in [0.15, 0.2) is 0 Å². The van der Waals surface area contributed by atoms with Crippen LogP contribution in [0.25, 0.3) is 0 Å². The molecule has 1 N–H and O–H groups in total. The first-order valence-corrected chi connectivity index (χ1v) is 6.46. The summed E-state index contributed by atoms with van der Waals surface area (Å²) >= 11 is 0. The van der Waals surface area contributed by atoms with Gasteiger partial charge in [0, 0.05) is 25.6 Å². The van der Waals surface area contributed by atoms with Crippen LogP contribution in [0.3, 0.4) is 0 Å². The summed E-state index contributed by atoms with van der Waals surface area (Å²) in [6.45, 7) is 2.74. The highest BCUT2D eigenvalue weighted by molar-refractivity contribution is 5.79. The fourth-order valence-corrected chi connectivity index (χ4v) is 2.69. The van der Waals surface area contributed by atoms with Crippen molar-refractivity contribution in [2.45, 2.75) is 32.1 Å². The van der Waals surface area contributed by atoms with Crippen LogP contribution < -0.4 is 5.32 Å². The van der Waals surface area contributed by atoms with E-state index >= 15 is 0 Å². The van der Waals surface area contributed by atoms with Crippen molar-refractivity contribution >= 4 is 5.91 Å². The Morgan fingerprint density at radius 3 is 2.47 bits per heavy atom. The molecule has 2 rings (SSSR count). The molecule has 0 bridgehead atoms. The van der Waals surface area contributed by atoms with E-state index in [-0.39, 0.29) is 11.8 Å². The highest BCUT2D eigenvalue weighted by Crippen LogP contribution is 2.25. The molecule has 17 heavy (non-hydrogen) atoms. The fourth-order valence-electron chi connectivity index (χ4n) is 2.69. The van der Waals surface area contributed by atoms with Crippen LogP contribution in [0.1, 0.15) is 25.7 Å². The number of carbonyl (C=O) groups excluding carboxylic acids is 1. The Balaban J connectivity index is 1.81. The molecule has 0 aromatic carbocycles. The van der Waals surface area contributed by atoms with Gasteiger partial charge >= 0.3 is 0 Å². The number of hydrogen-bond donors (Lipinski definition) is 1. The van der Waals surface area contributed by atoms with E-state index in [1.165, 1.54) is 0 Å². The fraction of sp³-hybridized carbons (Fsp3) is 0.917. The summed E-state index contributed by atoms with van der Waals surface area (Å²) in [7, 11) is 0. The lowest BCUT2D eigenvalue weighted by Gasteiger charge is -2.35. The number of halogens is 2. The lowest BCUT2D eigenvalue weighted by Crippen LogP contribution is -2.46. The maximum Gasteiger partial charge on any atom is 0.241 e. The van der Waals surface area contributed by atoms with Gasteiger partial charge in [0.1, 0.15) is 0 Å². The Labute approximate surface area is 101 Å². The predicted molar refractivity (Wildman–Crippen MR) is 60.9 cm³/mol. The quantitative estimate of drug-likeness (QED) is 0.800. The van der Waals surface area contributed by atoms with Crippen molar-refractivity contribution < 1.29 is 13.6 Å². The second-order valence-electron chi connectivity index (χ2n) is 5.04. The molecule has 0 unspecified atom stereocenters. The van der Waals surface area contributed by atoms with E-state index in [0.717, 1.165) is 25.9 Å². The van der Waals surface area contributed by atoms with Gasteiger partial charge in [-0.05, 0) is 32.2 Å². The van der Waals surface area contributed by atoms with E-state index in [1.807, 2.05) is 0 Å². The van der Waals surface area contributed by atoms with Gasteiger partial charge in [-0.15, -0.1) is 0 Å². The second kappa shape index (κ2) is 5.76. The minimum Gasteiger partial charge on any atom is -0.342 e. The smallest absolute Gasteiger partial charge is 0.241 e. The van der Waals surface area contributed by atoms with Crippen LogP contribution in [0.4, 0.5) is 8.78 Å². The van der Waals surface area contributed by atoms with Crippen LogP contribution in [-0.4, -0.2) is 43.4 Å². The van der Waals surface area contributed by atoms with Crippen molar-refractivity contribution in [3.8, 4) is 0 Å². The zero-order valence-electron chi connectivity index (χ0n) is 10.0. The van der Waals surface area contributed by atoms with Crippen molar-refractivity contribution in [3.05, 3.63) is 0 Å². The molecule has 0 aliphatic carbocycles. The lowest BCUT2D eigenvalue weighted by molar-refractivity contribution is -0.138. The maximum atomic E-state index is 12.5. The van der Waals surface area contributed by atoms with Gasteiger partial charge < -0.3 is 10.2 Å². The zero-order chi connectivity index (χ0) is 12.3. The van der Waals surface area contributed by atoms with Gasteiger partial charge in [-0.1, -0.05) is 0 Å². The first-order valence-electron chi connectivity index (χ1n) is 6.46. The van der Waals surface area contributed by atoms with E-state index in [2.05, 4.69) is 5.32 Å². The largest absolute Gasteiger partial charge is 0.342 e. The van der Waals surface area contributed by atoms with E-state index in [0.29, 0.717) is 25.9 Å². The van der Waals surface area contributed by atoms with Crippen molar-refractivity contribution in [1.29, 1.82) is 0 Å². The van der Waals surface area contributed by atoms with E-state index in [4.69, 9.17) is 0 Å². The molecule has 3 nitrogen and oxygen atoms in total. The summed E-state index contributed by atoms with van der Waals surface area (Å²) in [6.07, 6.45) is 0.626. The van der Waals surface area contributed by atoms with Gasteiger partial charge in [-0.2, -0.15) is 0 Å². The van der Waals surface area contributed by atoms with Crippen LogP contribution in [0.2, 0.25) is 0 Å². The molecule has 2 fully saturated rings. The lowest BCUT2D eigenvalue weighted by atomic mass is 9.94. The van der Waals surface area contributed by atoms with Crippen molar-refractivity contribution in [2.75, 3.05) is 26.2 Å². The molecule has 2 aliphatic heterocycles. The highest BCUT2D eigenvalue weighted by atomic mass is 19.3. The number of hydrogen-bond acceptors (Lipinski definition) is 2. The number of alkyl halides is 2. The zero-order valence-corrected chi connectivity index (χ0v) is 10.0. The Hall–Kier alpha value is -0.710. The molecule has 1 atom stereocenters. The Bertz CT molecular complexity index is 259. The first-order chi connectivity index (χ1) is 8.18. The maximum absolute atomic E-state index is 12.5. The van der Waals surface area contributed by atoms with Gasteiger partial charge in [0.25, 0.3) is 0 Å². The van der Waals surface area contributed by atoms with Crippen LogP contribution in [-0.2, 0) is 4.79 Å². The van der Waals surface area contributed by atoms with Crippen molar-refractivity contribution in [3.63, 3.8) is 0 Å². The minimum absolute atomic E-state index is 0.0619. The molecule has 0 radical (unpaired) electrons. The molecule has 0 aromatic rings. The van der Waals surface area contributed by atoms with E-state index < -0.39 is 12.3 Å². The third-order valence-corrected chi connectivity index (χ3v) is 3.85. The topological polar surface area (TPSA) is 32.3 Å². The molecule has 98 valence electrons. The van der Waals surface area contributed by atoms with Crippen molar-refractivity contribution in [2.24, 2.45) is 11.8 Å². The second-order valence-corrected chi connectivity index (χ2v) is 5.04. The molecule has 2 aliphatic rings. The molecule has 0 spiro atoms. The van der Waals surface area contributed by atoms with Gasteiger partial charge in [0.2, 0.25) is 12.3 Å². The summed E-state index contributed by atoms with van der Waals surface area (Å²) in [5.74, 6) is -0.291. The number of amides is 1. The summed E-state index contributed by atoms with van der Waals surface area (Å²) in [6, 6.07) is 0. The highest BCUT2D eigenvalue weighted by Gasteiger charge is 2.31. The average molecular weight is 246 g/mol. The van der Waals surface area contributed by atoms with Gasteiger partial charge in [0.05, 0.1) is 5.92 Å². The van der Waals surface area contributed by atoms with Crippen LogP contribution in [0, 0.1) is 11.8 Å². The molecule has 2 saturated heterocycles. The van der Waals surface area contributed by atoms with E-state index in [1.54, 1.807) is 4.90 Å². The molecular weight excluding hydrogens is 226 g/mol. The van der Waals surface area contributed by atoms with Crippen LogP contribution >= 0.6 is 0 Å². The SMILES string of the molecule is O=C([C@H]1CCCNC1)N1CCC(C(F)F)CC1. The summed E-state index contributed by atoms with van der Waals surface area (Å²) in [5.41, 5.74) is 0. The van der Waals surface area contributed by atoms with Crippen molar-refractivity contribution in [1.82, 2.24) is 10.2 Å². The van der Waals surface area contributed by atoms with Crippen LogP contribution in [0.5, 0.6) is 0 Å². The molecule has 0 aromatic heterocycles.